The minimum absolute atomic E-state index is 0. The zero-order chi connectivity index (χ0) is 10.1. The van der Waals surface area contributed by atoms with E-state index < -0.39 is 23.2 Å². The lowest BCUT2D eigenvalue weighted by Crippen LogP contribution is -2.18. The van der Waals surface area contributed by atoms with Gasteiger partial charge in [0.15, 0.2) is 0 Å². The number of carbonyl (C=O) groups excluding carboxylic acids is 1. The first-order chi connectivity index (χ1) is 5.93. The first-order valence-electron chi connectivity index (χ1n) is 3.24. The lowest BCUT2D eigenvalue weighted by molar-refractivity contribution is -0.138. The summed E-state index contributed by atoms with van der Waals surface area (Å²) >= 11 is 0. The summed E-state index contributed by atoms with van der Waals surface area (Å²) in [4.78, 5) is 13.8. The molecule has 0 bridgehead atoms. The van der Waals surface area contributed by atoms with Crippen LogP contribution in [0.15, 0.2) is 18.5 Å². The number of pyridine rings is 1. The van der Waals surface area contributed by atoms with Crippen LogP contribution in [0.3, 0.4) is 0 Å². The summed E-state index contributed by atoms with van der Waals surface area (Å²) in [6.07, 6.45) is -2.95. The monoisotopic (exact) mass is 226 g/mol. The lowest BCUT2D eigenvalue weighted by atomic mass is 10.1. The summed E-state index contributed by atoms with van der Waals surface area (Å²) < 4.78 is 36.5. The van der Waals surface area contributed by atoms with Crippen molar-refractivity contribution in [2.45, 2.75) is 6.18 Å². The largest absolute Gasteiger partial charge is 0.418 e. The maximum atomic E-state index is 12.2. The molecule has 1 heterocycles. The summed E-state index contributed by atoms with van der Waals surface area (Å²) in [5.41, 5.74) is 3.07. The number of alkyl halides is 3. The van der Waals surface area contributed by atoms with Crippen molar-refractivity contribution in [2.24, 2.45) is 5.73 Å². The summed E-state index contributed by atoms with van der Waals surface area (Å²) in [6.45, 7) is 0. The lowest BCUT2D eigenvalue weighted by Gasteiger charge is -2.08. The molecule has 1 rings (SSSR count). The molecule has 1 aromatic heterocycles. The second-order valence-electron chi connectivity index (χ2n) is 2.28. The van der Waals surface area contributed by atoms with Crippen molar-refractivity contribution in [1.29, 1.82) is 0 Å². The van der Waals surface area contributed by atoms with Gasteiger partial charge in [0.1, 0.15) is 0 Å². The van der Waals surface area contributed by atoms with Gasteiger partial charge in [0.2, 0.25) is 5.91 Å². The molecular formula is C7H6ClF3N2O. The number of amides is 1. The first kappa shape index (κ1) is 12.7. The molecule has 0 atom stereocenters. The average molecular weight is 227 g/mol. The van der Waals surface area contributed by atoms with Crippen molar-refractivity contribution in [1.82, 2.24) is 4.98 Å². The molecule has 2 N–H and O–H groups in total. The number of primary amides is 1. The van der Waals surface area contributed by atoms with Crippen molar-refractivity contribution in [2.75, 3.05) is 0 Å². The molecule has 7 heteroatoms. The topological polar surface area (TPSA) is 56.0 Å². The van der Waals surface area contributed by atoms with Crippen LogP contribution in [-0.4, -0.2) is 10.9 Å². The van der Waals surface area contributed by atoms with Gasteiger partial charge in [-0.25, -0.2) is 0 Å². The Hall–Kier alpha value is -1.30. The number of halogens is 4. The third-order valence-electron chi connectivity index (χ3n) is 1.39. The minimum atomic E-state index is -4.60. The van der Waals surface area contributed by atoms with Gasteiger partial charge in [0.05, 0.1) is 11.1 Å². The Morgan fingerprint density at radius 2 is 2.00 bits per heavy atom. The van der Waals surface area contributed by atoms with E-state index in [1.54, 1.807) is 0 Å². The molecule has 0 saturated heterocycles. The predicted octanol–water partition coefficient (Wildman–Crippen LogP) is 1.62. The van der Waals surface area contributed by atoms with Crippen LogP contribution in [-0.2, 0) is 6.18 Å². The molecule has 0 saturated carbocycles. The molecule has 0 spiro atoms. The van der Waals surface area contributed by atoms with Crippen LogP contribution < -0.4 is 5.73 Å². The Morgan fingerprint density at radius 1 is 1.43 bits per heavy atom. The molecule has 0 radical (unpaired) electrons. The van der Waals surface area contributed by atoms with Crippen LogP contribution >= 0.6 is 12.4 Å². The van der Waals surface area contributed by atoms with Gasteiger partial charge in [-0.15, -0.1) is 12.4 Å². The molecule has 0 aromatic carbocycles. The quantitative estimate of drug-likeness (QED) is 0.791. The number of hydrogen-bond acceptors (Lipinski definition) is 2. The Labute approximate surface area is 83.5 Å². The normalized spacial score (nSPS) is 10.5. The van der Waals surface area contributed by atoms with E-state index in [-0.39, 0.29) is 12.4 Å². The fourth-order valence-corrected chi connectivity index (χ4v) is 0.835. The number of carbonyl (C=O) groups is 1. The second-order valence-corrected chi connectivity index (χ2v) is 2.28. The van der Waals surface area contributed by atoms with Crippen molar-refractivity contribution in [3.8, 4) is 0 Å². The maximum absolute atomic E-state index is 12.2. The fraction of sp³-hybridized carbons (Fsp3) is 0.143. The van der Waals surface area contributed by atoms with Gasteiger partial charge < -0.3 is 5.73 Å². The van der Waals surface area contributed by atoms with Crippen LogP contribution in [0.1, 0.15) is 15.9 Å². The van der Waals surface area contributed by atoms with Gasteiger partial charge in [0.25, 0.3) is 0 Å². The molecule has 0 fully saturated rings. The van der Waals surface area contributed by atoms with Crippen molar-refractivity contribution in [3.63, 3.8) is 0 Å². The Kier molecular flexibility index (Phi) is 3.88. The van der Waals surface area contributed by atoms with Crippen LogP contribution in [0.5, 0.6) is 0 Å². The first-order valence-corrected chi connectivity index (χ1v) is 3.24. The number of nitrogens with two attached hydrogens (primary N) is 1. The Bertz CT molecular complexity index is 340. The van der Waals surface area contributed by atoms with E-state index in [2.05, 4.69) is 4.98 Å². The van der Waals surface area contributed by atoms with Crippen LogP contribution in [0.4, 0.5) is 13.2 Å². The van der Waals surface area contributed by atoms with Gasteiger partial charge in [-0.2, -0.15) is 13.2 Å². The number of hydrogen-bond donors (Lipinski definition) is 1. The molecule has 0 aliphatic rings. The maximum Gasteiger partial charge on any atom is 0.418 e. The highest BCUT2D eigenvalue weighted by molar-refractivity contribution is 5.94. The molecule has 0 aliphatic heterocycles. The summed E-state index contributed by atoms with van der Waals surface area (Å²) in [5.74, 6) is -1.12. The van der Waals surface area contributed by atoms with Gasteiger partial charge >= 0.3 is 6.18 Å². The third kappa shape index (κ3) is 2.59. The third-order valence-corrected chi connectivity index (χ3v) is 1.39. The van der Waals surface area contributed by atoms with Crippen molar-refractivity contribution >= 4 is 18.3 Å². The second kappa shape index (κ2) is 4.28. The smallest absolute Gasteiger partial charge is 0.366 e. The standard InChI is InChI=1S/C7H5F3N2O.ClH/c8-7(9,10)5-3-12-2-1-4(5)6(11)13;/h1-3H,(H2,11,13);1H. The number of nitrogens with zero attached hydrogens (tertiary/aromatic N) is 1. The minimum Gasteiger partial charge on any atom is -0.366 e. The molecule has 0 unspecified atom stereocenters. The van der Waals surface area contributed by atoms with Gasteiger partial charge in [0, 0.05) is 12.4 Å². The Morgan fingerprint density at radius 3 is 2.36 bits per heavy atom. The van der Waals surface area contributed by atoms with E-state index in [4.69, 9.17) is 5.73 Å². The van der Waals surface area contributed by atoms with Crippen molar-refractivity contribution in [3.05, 3.63) is 29.6 Å². The zero-order valence-electron chi connectivity index (χ0n) is 6.71. The zero-order valence-corrected chi connectivity index (χ0v) is 7.52. The van der Waals surface area contributed by atoms with E-state index in [0.29, 0.717) is 6.20 Å². The van der Waals surface area contributed by atoms with Gasteiger partial charge in [-0.3, -0.25) is 9.78 Å². The predicted molar refractivity (Wildman–Crippen MR) is 45.0 cm³/mol. The summed E-state index contributed by atoms with van der Waals surface area (Å²) in [7, 11) is 0. The molecular weight excluding hydrogens is 221 g/mol. The highest BCUT2D eigenvalue weighted by atomic mass is 35.5. The average Bonchev–Trinajstić information content (AvgIpc) is 2.03. The van der Waals surface area contributed by atoms with Crippen LogP contribution in [0, 0.1) is 0 Å². The van der Waals surface area contributed by atoms with Crippen LogP contribution in [0.25, 0.3) is 0 Å². The van der Waals surface area contributed by atoms with E-state index in [0.717, 1.165) is 12.3 Å². The van der Waals surface area contributed by atoms with E-state index in [9.17, 15) is 18.0 Å². The Balaban J connectivity index is 0.00000169. The summed E-state index contributed by atoms with van der Waals surface area (Å²) in [6, 6.07) is 0.936. The van der Waals surface area contributed by atoms with E-state index in [1.165, 1.54) is 0 Å². The number of aromatic nitrogens is 1. The SMILES string of the molecule is Cl.NC(=O)c1ccncc1C(F)(F)F. The molecule has 0 aliphatic carbocycles. The van der Waals surface area contributed by atoms with Gasteiger partial charge in [-0.05, 0) is 6.07 Å². The summed E-state index contributed by atoms with van der Waals surface area (Å²) in [5, 5.41) is 0. The van der Waals surface area contributed by atoms with E-state index in [1.807, 2.05) is 0 Å². The van der Waals surface area contributed by atoms with E-state index >= 15 is 0 Å². The fourth-order valence-electron chi connectivity index (χ4n) is 0.835. The molecule has 1 amide bonds. The highest BCUT2D eigenvalue weighted by Gasteiger charge is 2.34. The van der Waals surface area contributed by atoms with Crippen molar-refractivity contribution < 1.29 is 18.0 Å². The molecule has 1 aromatic rings. The molecule has 14 heavy (non-hydrogen) atoms. The molecule has 3 nitrogen and oxygen atoms in total. The van der Waals surface area contributed by atoms with Gasteiger partial charge in [-0.1, -0.05) is 0 Å². The number of rotatable bonds is 1. The highest BCUT2D eigenvalue weighted by Crippen LogP contribution is 2.30. The van der Waals surface area contributed by atoms with Crippen LogP contribution in [0.2, 0.25) is 0 Å². The molecule has 78 valence electrons.